The maximum Gasteiger partial charge on any atom is 0.122 e. The molecule has 1 atom stereocenters. The van der Waals surface area contributed by atoms with E-state index in [1.54, 1.807) is 0 Å². The minimum absolute atomic E-state index is 0.219. The van der Waals surface area contributed by atoms with Gasteiger partial charge in [0.25, 0.3) is 0 Å². The lowest BCUT2D eigenvalue weighted by atomic mass is 10.1. The van der Waals surface area contributed by atoms with E-state index < -0.39 is 8.07 Å². The van der Waals surface area contributed by atoms with Gasteiger partial charge in [-0.25, -0.2) is 0 Å². The summed E-state index contributed by atoms with van der Waals surface area (Å²) < 4.78 is 0. The van der Waals surface area contributed by atoms with E-state index in [1.165, 1.54) is 6.04 Å². The highest BCUT2D eigenvalue weighted by atomic mass is 28.3. The molecular formula is C11H22OSi. The molecule has 0 aliphatic carbocycles. The Labute approximate surface area is 83.2 Å². The van der Waals surface area contributed by atoms with Crippen molar-refractivity contribution in [1.82, 2.24) is 0 Å². The summed E-state index contributed by atoms with van der Waals surface area (Å²) in [5.74, 6) is 0.219. The van der Waals surface area contributed by atoms with Crippen molar-refractivity contribution in [2.24, 2.45) is 5.92 Å². The summed E-state index contributed by atoms with van der Waals surface area (Å²) in [6, 6.07) is 1.25. The van der Waals surface area contributed by atoms with Crippen molar-refractivity contribution in [3.05, 3.63) is 12.2 Å². The van der Waals surface area contributed by atoms with Gasteiger partial charge >= 0.3 is 0 Å². The van der Waals surface area contributed by atoms with E-state index in [2.05, 4.69) is 31.8 Å². The Bertz CT molecular complexity index is 167. The Morgan fingerprint density at radius 1 is 1.23 bits per heavy atom. The van der Waals surface area contributed by atoms with Crippen LogP contribution in [0.4, 0.5) is 0 Å². The monoisotopic (exact) mass is 198 g/mol. The molecular weight excluding hydrogens is 176 g/mol. The smallest absolute Gasteiger partial charge is 0.122 e. The van der Waals surface area contributed by atoms with Crippen molar-refractivity contribution >= 4 is 14.4 Å². The van der Waals surface area contributed by atoms with Crippen LogP contribution in [-0.2, 0) is 4.79 Å². The molecule has 0 spiro atoms. The topological polar surface area (TPSA) is 17.1 Å². The van der Waals surface area contributed by atoms with Gasteiger partial charge in [-0.1, -0.05) is 38.7 Å². The largest absolute Gasteiger partial charge is 0.303 e. The number of rotatable bonds is 6. The molecule has 0 bridgehead atoms. The number of carbonyl (C=O) groups excluding carboxylic acids is 1. The summed E-state index contributed by atoms with van der Waals surface area (Å²) in [5, 5.41) is 0. The average Bonchev–Trinajstić information content (AvgIpc) is 2.01. The van der Waals surface area contributed by atoms with E-state index in [4.69, 9.17) is 0 Å². The van der Waals surface area contributed by atoms with Gasteiger partial charge < -0.3 is 4.79 Å². The van der Waals surface area contributed by atoms with Gasteiger partial charge in [-0.2, -0.15) is 0 Å². The maximum atomic E-state index is 10.3. The van der Waals surface area contributed by atoms with Crippen LogP contribution in [0.3, 0.4) is 0 Å². The number of hydrogen-bond acceptors (Lipinski definition) is 1. The van der Waals surface area contributed by atoms with Gasteiger partial charge in [0, 0.05) is 14.0 Å². The quantitative estimate of drug-likeness (QED) is 0.363. The Hall–Kier alpha value is -0.373. The number of aldehydes is 1. The van der Waals surface area contributed by atoms with Crippen molar-refractivity contribution in [2.45, 2.75) is 45.5 Å². The lowest BCUT2D eigenvalue weighted by Gasteiger charge is -2.11. The second-order valence-electron chi connectivity index (χ2n) is 4.93. The van der Waals surface area contributed by atoms with Crippen LogP contribution in [0.25, 0.3) is 0 Å². The number of carbonyl (C=O) groups is 1. The van der Waals surface area contributed by atoms with Gasteiger partial charge in [0.2, 0.25) is 0 Å². The predicted octanol–water partition coefficient (Wildman–Crippen LogP) is 3.50. The molecule has 0 radical (unpaired) electrons. The first-order valence-corrected chi connectivity index (χ1v) is 8.77. The third kappa shape index (κ3) is 9.54. The van der Waals surface area contributed by atoms with Gasteiger partial charge in [0.15, 0.2) is 0 Å². The third-order valence-corrected chi connectivity index (χ3v) is 3.38. The molecule has 0 aromatic carbocycles. The van der Waals surface area contributed by atoms with Gasteiger partial charge in [-0.3, -0.25) is 0 Å². The highest BCUT2D eigenvalue weighted by Gasteiger charge is 2.09. The minimum atomic E-state index is -0.899. The first-order chi connectivity index (χ1) is 5.95. The fraction of sp³-hybridized carbons (Fsp3) is 0.727. The highest BCUT2D eigenvalue weighted by molar-refractivity contribution is 6.76. The molecule has 0 heterocycles. The minimum Gasteiger partial charge on any atom is -0.303 e. The Kier molecular flexibility index (Phi) is 5.96. The zero-order valence-corrected chi connectivity index (χ0v) is 10.3. The van der Waals surface area contributed by atoms with E-state index in [1.807, 2.05) is 6.92 Å². The molecule has 1 nitrogen and oxygen atoms in total. The van der Waals surface area contributed by atoms with Crippen molar-refractivity contribution in [2.75, 3.05) is 0 Å². The van der Waals surface area contributed by atoms with Crippen molar-refractivity contribution in [3.8, 4) is 0 Å². The molecule has 2 heteroatoms. The Morgan fingerprint density at radius 3 is 2.31 bits per heavy atom. The van der Waals surface area contributed by atoms with Gasteiger partial charge in [-0.05, 0) is 18.9 Å². The SMILES string of the molecule is CC(C=O)CC/C=C/C[Si](C)(C)C. The van der Waals surface area contributed by atoms with Crippen LogP contribution < -0.4 is 0 Å². The summed E-state index contributed by atoms with van der Waals surface area (Å²) >= 11 is 0. The highest BCUT2D eigenvalue weighted by Crippen LogP contribution is 2.10. The second-order valence-corrected chi connectivity index (χ2v) is 10.5. The lowest BCUT2D eigenvalue weighted by molar-refractivity contribution is -0.110. The van der Waals surface area contributed by atoms with Crippen LogP contribution in [0.15, 0.2) is 12.2 Å². The molecule has 0 N–H and O–H groups in total. The van der Waals surface area contributed by atoms with Gasteiger partial charge in [-0.15, -0.1) is 0 Å². The maximum absolute atomic E-state index is 10.3. The van der Waals surface area contributed by atoms with E-state index >= 15 is 0 Å². The lowest BCUT2D eigenvalue weighted by Crippen LogP contribution is -2.17. The van der Waals surface area contributed by atoms with E-state index in [-0.39, 0.29) is 5.92 Å². The summed E-state index contributed by atoms with van der Waals surface area (Å²) in [6.07, 6.45) is 7.57. The standard InChI is InChI=1S/C11H22OSi/c1-11(10-12)8-6-5-7-9-13(2,3)4/h5,7,10-11H,6,8-9H2,1-4H3/b7-5+. The molecule has 0 aromatic heterocycles. The zero-order valence-electron chi connectivity index (χ0n) is 9.34. The molecule has 0 aliphatic rings. The van der Waals surface area contributed by atoms with Crippen molar-refractivity contribution in [3.63, 3.8) is 0 Å². The van der Waals surface area contributed by atoms with Gasteiger partial charge in [0.05, 0.1) is 0 Å². The Balaban J connectivity index is 3.48. The van der Waals surface area contributed by atoms with E-state index in [0.717, 1.165) is 19.1 Å². The van der Waals surface area contributed by atoms with E-state index in [0.29, 0.717) is 0 Å². The van der Waals surface area contributed by atoms with Crippen LogP contribution in [0, 0.1) is 5.92 Å². The molecule has 0 aromatic rings. The molecule has 0 saturated carbocycles. The summed E-state index contributed by atoms with van der Waals surface area (Å²) in [6.45, 7) is 9.07. The molecule has 0 fully saturated rings. The molecule has 0 aliphatic heterocycles. The fourth-order valence-corrected chi connectivity index (χ4v) is 1.86. The van der Waals surface area contributed by atoms with Crippen LogP contribution >= 0.6 is 0 Å². The summed E-state index contributed by atoms with van der Waals surface area (Å²) in [5.41, 5.74) is 0. The summed E-state index contributed by atoms with van der Waals surface area (Å²) in [7, 11) is -0.899. The number of allylic oxidation sites excluding steroid dienone is 2. The van der Waals surface area contributed by atoms with Crippen LogP contribution in [-0.4, -0.2) is 14.4 Å². The normalized spacial score (nSPS) is 14.8. The predicted molar refractivity (Wildman–Crippen MR) is 61.8 cm³/mol. The first-order valence-electron chi connectivity index (χ1n) is 5.06. The average molecular weight is 198 g/mol. The third-order valence-electron chi connectivity index (χ3n) is 1.92. The first kappa shape index (κ1) is 12.6. The van der Waals surface area contributed by atoms with Crippen LogP contribution in [0.2, 0.25) is 25.7 Å². The van der Waals surface area contributed by atoms with E-state index in [9.17, 15) is 4.79 Å². The molecule has 13 heavy (non-hydrogen) atoms. The molecule has 0 saturated heterocycles. The fourth-order valence-electron chi connectivity index (χ4n) is 0.982. The van der Waals surface area contributed by atoms with Crippen LogP contribution in [0.1, 0.15) is 19.8 Å². The molecule has 0 rings (SSSR count). The van der Waals surface area contributed by atoms with Gasteiger partial charge in [0.1, 0.15) is 6.29 Å². The Morgan fingerprint density at radius 2 is 1.85 bits per heavy atom. The molecule has 0 amide bonds. The summed E-state index contributed by atoms with van der Waals surface area (Å²) in [4.78, 5) is 10.3. The zero-order chi connectivity index (χ0) is 10.3. The molecule has 1 unspecified atom stereocenters. The van der Waals surface area contributed by atoms with Crippen molar-refractivity contribution < 1.29 is 4.79 Å². The second kappa shape index (κ2) is 6.14. The van der Waals surface area contributed by atoms with Crippen molar-refractivity contribution in [1.29, 1.82) is 0 Å². The number of hydrogen-bond donors (Lipinski definition) is 0. The molecule has 76 valence electrons. The van der Waals surface area contributed by atoms with Crippen LogP contribution in [0.5, 0.6) is 0 Å².